The fourth-order valence-electron chi connectivity index (χ4n) is 1.30. The van der Waals surface area contributed by atoms with Crippen LogP contribution in [0.15, 0.2) is 17.0 Å². The Morgan fingerprint density at radius 1 is 1.41 bits per heavy atom. The third-order valence-corrected chi connectivity index (χ3v) is 2.63. The molecule has 17 heavy (non-hydrogen) atoms. The van der Waals surface area contributed by atoms with Crippen molar-refractivity contribution in [1.82, 2.24) is 0 Å². The van der Waals surface area contributed by atoms with Crippen molar-refractivity contribution in [2.75, 3.05) is 0 Å². The monoisotopic (exact) mass is 248 g/mol. The Hall–Kier alpha value is -1.40. The molecule has 0 aliphatic heterocycles. The van der Waals surface area contributed by atoms with Gasteiger partial charge in [0.15, 0.2) is 0 Å². The summed E-state index contributed by atoms with van der Waals surface area (Å²) in [5.74, 6) is 2.15. The molecule has 0 aliphatic carbocycles. The molecule has 1 aromatic carbocycles. The number of ether oxygens (including phenoxy) is 1. The van der Waals surface area contributed by atoms with E-state index >= 15 is 0 Å². The fourth-order valence-corrected chi connectivity index (χ4v) is 1.56. The van der Waals surface area contributed by atoms with Crippen molar-refractivity contribution in [3.63, 3.8) is 0 Å². The number of benzene rings is 1. The molecular formula is C14H16O2S. The summed E-state index contributed by atoms with van der Waals surface area (Å²) < 4.78 is 5.28. The predicted octanol–water partition coefficient (Wildman–Crippen LogP) is 3.22. The summed E-state index contributed by atoms with van der Waals surface area (Å²) in [6.45, 7) is 7.34. The van der Waals surface area contributed by atoms with Gasteiger partial charge in [-0.1, -0.05) is 5.92 Å². The van der Waals surface area contributed by atoms with Crippen LogP contribution in [0.2, 0.25) is 0 Å². The molecule has 0 amide bonds. The summed E-state index contributed by atoms with van der Waals surface area (Å²) in [5.41, 5.74) is 1.47. The van der Waals surface area contributed by atoms with Gasteiger partial charge in [-0.3, -0.25) is 0 Å². The molecular weight excluding hydrogens is 232 g/mol. The van der Waals surface area contributed by atoms with Gasteiger partial charge < -0.3 is 4.74 Å². The van der Waals surface area contributed by atoms with E-state index in [1.165, 1.54) is 0 Å². The van der Waals surface area contributed by atoms with Gasteiger partial charge >= 0.3 is 5.97 Å². The average molecular weight is 248 g/mol. The van der Waals surface area contributed by atoms with Gasteiger partial charge in [0.05, 0.1) is 5.56 Å². The van der Waals surface area contributed by atoms with Gasteiger partial charge in [-0.2, -0.15) is 0 Å². The Morgan fingerprint density at radius 3 is 2.47 bits per heavy atom. The molecule has 90 valence electrons. The number of thiol groups is 1. The molecule has 1 aromatic rings. The highest BCUT2D eigenvalue weighted by Gasteiger charge is 2.19. The van der Waals surface area contributed by atoms with Gasteiger partial charge in [0.2, 0.25) is 0 Å². The van der Waals surface area contributed by atoms with Crippen molar-refractivity contribution in [3.05, 3.63) is 28.8 Å². The minimum Gasteiger partial charge on any atom is -0.456 e. The van der Waals surface area contributed by atoms with Crippen LogP contribution in [0.25, 0.3) is 0 Å². The Labute approximate surface area is 108 Å². The first-order chi connectivity index (χ1) is 7.74. The van der Waals surface area contributed by atoms with E-state index in [-0.39, 0.29) is 5.97 Å². The van der Waals surface area contributed by atoms with E-state index in [0.717, 1.165) is 5.56 Å². The van der Waals surface area contributed by atoms with Crippen LogP contribution in [0, 0.1) is 19.3 Å². The molecule has 0 heterocycles. The lowest BCUT2D eigenvalue weighted by molar-refractivity contribution is 0.00692. The van der Waals surface area contributed by atoms with Crippen LogP contribution in [-0.2, 0) is 4.74 Å². The summed E-state index contributed by atoms with van der Waals surface area (Å²) in [5, 5.41) is 0. The molecule has 3 heteroatoms. The molecule has 0 radical (unpaired) electrons. The minimum absolute atomic E-state index is 0.385. The van der Waals surface area contributed by atoms with E-state index in [4.69, 9.17) is 11.2 Å². The summed E-state index contributed by atoms with van der Waals surface area (Å²) in [6, 6.07) is 3.33. The van der Waals surface area contributed by atoms with Crippen molar-refractivity contribution in [3.8, 4) is 12.3 Å². The van der Waals surface area contributed by atoms with Crippen LogP contribution in [0.1, 0.15) is 42.3 Å². The lowest BCUT2D eigenvalue weighted by atomic mass is 10.1. The van der Waals surface area contributed by atoms with Crippen LogP contribution in [0.5, 0.6) is 0 Å². The number of hydrogen-bond acceptors (Lipinski definition) is 3. The van der Waals surface area contributed by atoms with Crippen LogP contribution in [0.4, 0.5) is 0 Å². The van der Waals surface area contributed by atoms with E-state index in [1.54, 1.807) is 12.1 Å². The molecule has 1 rings (SSSR count). The predicted molar refractivity (Wildman–Crippen MR) is 71.5 cm³/mol. The molecule has 0 saturated heterocycles. The van der Waals surface area contributed by atoms with E-state index < -0.39 is 5.60 Å². The summed E-state index contributed by atoms with van der Waals surface area (Å²) in [4.78, 5) is 12.6. The van der Waals surface area contributed by atoms with Crippen molar-refractivity contribution in [2.24, 2.45) is 0 Å². The third-order valence-electron chi connectivity index (χ3n) is 2.17. The van der Waals surface area contributed by atoms with Gasteiger partial charge in [-0.15, -0.1) is 19.1 Å². The van der Waals surface area contributed by atoms with E-state index in [2.05, 4.69) is 18.5 Å². The lowest BCUT2D eigenvalue weighted by Crippen LogP contribution is -2.24. The first-order valence-electron chi connectivity index (χ1n) is 5.28. The molecule has 0 fully saturated rings. The molecule has 0 aliphatic rings. The molecule has 0 spiro atoms. The van der Waals surface area contributed by atoms with E-state index in [1.807, 2.05) is 27.7 Å². The lowest BCUT2D eigenvalue weighted by Gasteiger charge is -2.20. The standard InChI is InChI=1S/C14H16O2S/c1-6-10-7-11(8-12(17)9(10)2)13(15)16-14(3,4)5/h1,7-8,17H,2-5H3. The summed E-state index contributed by atoms with van der Waals surface area (Å²) in [6.07, 6.45) is 5.38. The zero-order valence-corrected chi connectivity index (χ0v) is 11.4. The second-order valence-corrected chi connectivity index (χ2v) is 5.30. The van der Waals surface area contributed by atoms with E-state index in [9.17, 15) is 4.79 Å². The fraction of sp³-hybridized carbons (Fsp3) is 0.357. The van der Waals surface area contributed by atoms with Gasteiger partial charge in [0, 0.05) is 10.5 Å². The number of rotatable bonds is 1. The number of terminal acetylenes is 1. The summed E-state index contributed by atoms with van der Waals surface area (Å²) >= 11 is 4.29. The van der Waals surface area contributed by atoms with Crippen molar-refractivity contribution in [1.29, 1.82) is 0 Å². The van der Waals surface area contributed by atoms with Gasteiger partial charge in [0.1, 0.15) is 5.60 Å². The molecule has 0 saturated carbocycles. The maximum Gasteiger partial charge on any atom is 0.338 e. The Bertz CT molecular complexity index is 490. The Morgan fingerprint density at radius 2 is 2.00 bits per heavy atom. The van der Waals surface area contributed by atoms with Crippen molar-refractivity contribution < 1.29 is 9.53 Å². The zero-order chi connectivity index (χ0) is 13.2. The maximum atomic E-state index is 11.9. The van der Waals surface area contributed by atoms with Crippen LogP contribution < -0.4 is 0 Å². The Kier molecular flexibility index (Phi) is 3.90. The first kappa shape index (κ1) is 13.7. The van der Waals surface area contributed by atoms with Gasteiger partial charge in [-0.05, 0) is 45.4 Å². The highest BCUT2D eigenvalue weighted by atomic mass is 32.1. The maximum absolute atomic E-state index is 11.9. The van der Waals surface area contributed by atoms with Crippen LogP contribution in [-0.4, -0.2) is 11.6 Å². The summed E-state index contributed by atoms with van der Waals surface area (Å²) in [7, 11) is 0. The minimum atomic E-state index is -0.519. The number of carbonyl (C=O) groups is 1. The third kappa shape index (κ3) is 3.54. The second-order valence-electron chi connectivity index (χ2n) is 4.81. The smallest absolute Gasteiger partial charge is 0.338 e. The number of esters is 1. The van der Waals surface area contributed by atoms with Crippen molar-refractivity contribution >= 4 is 18.6 Å². The Balaban J connectivity index is 3.13. The average Bonchev–Trinajstić information content (AvgIpc) is 2.19. The molecule has 0 unspecified atom stereocenters. The molecule has 0 bridgehead atoms. The second kappa shape index (κ2) is 4.85. The molecule has 0 atom stereocenters. The quantitative estimate of drug-likeness (QED) is 0.469. The van der Waals surface area contributed by atoms with Crippen molar-refractivity contribution in [2.45, 2.75) is 38.2 Å². The highest BCUT2D eigenvalue weighted by molar-refractivity contribution is 7.80. The van der Waals surface area contributed by atoms with E-state index in [0.29, 0.717) is 16.0 Å². The molecule has 0 aromatic heterocycles. The number of hydrogen-bond donors (Lipinski definition) is 1. The largest absolute Gasteiger partial charge is 0.456 e. The zero-order valence-electron chi connectivity index (χ0n) is 10.5. The van der Waals surface area contributed by atoms with Gasteiger partial charge in [0.25, 0.3) is 0 Å². The highest BCUT2D eigenvalue weighted by Crippen LogP contribution is 2.21. The van der Waals surface area contributed by atoms with Crippen LogP contribution >= 0.6 is 12.6 Å². The molecule has 0 N–H and O–H groups in total. The first-order valence-corrected chi connectivity index (χ1v) is 5.73. The number of carbonyl (C=O) groups excluding carboxylic acids is 1. The van der Waals surface area contributed by atoms with Crippen LogP contribution in [0.3, 0.4) is 0 Å². The SMILES string of the molecule is C#Cc1cc(C(=O)OC(C)(C)C)cc(S)c1C. The topological polar surface area (TPSA) is 26.3 Å². The normalized spacial score (nSPS) is 10.8. The van der Waals surface area contributed by atoms with Gasteiger partial charge in [-0.25, -0.2) is 4.79 Å². The molecule has 2 nitrogen and oxygen atoms in total.